The summed E-state index contributed by atoms with van der Waals surface area (Å²) in [7, 11) is 0. The summed E-state index contributed by atoms with van der Waals surface area (Å²) in [5.41, 5.74) is 2.04. The Morgan fingerprint density at radius 2 is 1.86 bits per heavy atom. The first kappa shape index (κ1) is 9.50. The second kappa shape index (κ2) is 3.99. The van der Waals surface area contributed by atoms with E-state index in [1.165, 1.54) is 24.8 Å². The van der Waals surface area contributed by atoms with Gasteiger partial charge in [0.2, 0.25) is 0 Å². The van der Waals surface area contributed by atoms with E-state index in [0.717, 1.165) is 30.6 Å². The molecule has 76 valence electrons. The lowest BCUT2D eigenvalue weighted by Crippen LogP contribution is -2.13. The molecule has 0 radical (unpaired) electrons. The Labute approximate surface area is 83.9 Å². The average molecular weight is 192 g/mol. The lowest BCUT2D eigenvalue weighted by Gasteiger charge is -2.12. The van der Waals surface area contributed by atoms with Gasteiger partial charge in [0.1, 0.15) is 5.76 Å². The van der Waals surface area contributed by atoms with Gasteiger partial charge in [0.05, 0.1) is 0 Å². The Morgan fingerprint density at radius 1 is 1.14 bits per heavy atom. The van der Waals surface area contributed by atoms with Crippen molar-refractivity contribution >= 4 is 0 Å². The van der Waals surface area contributed by atoms with Crippen molar-refractivity contribution in [3.8, 4) is 0 Å². The van der Waals surface area contributed by atoms with E-state index in [1.807, 2.05) is 13.0 Å². The third kappa shape index (κ3) is 1.89. The van der Waals surface area contributed by atoms with Crippen molar-refractivity contribution < 1.29 is 4.42 Å². The molecule has 0 aliphatic heterocycles. The molecule has 0 unspecified atom stereocenters. The first-order chi connectivity index (χ1) is 6.77. The van der Waals surface area contributed by atoms with E-state index in [4.69, 9.17) is 4.42 Å². The van der Waals surface area contributed by atoms with Crippen LogP contribution >= 0.6 is 0 Å². The van der Waals surface area contributed by atoms with Gasteiger partial charge in [-0.3, -0.25) is 0 Å². The number of aryl methyl sites for hydroxylation is 2. The Morgan fingerprint density at radius 3 is 2.64 bits per heavy atom. The highest BCUT2D eigenvalue weighted by Crippen LogP contribution is 2.18. The van der Waals surface area contributed by atoms with Crippen molar-refractivity contribution in [2.75, 3.05) is 0 Å². The summed E-state index contributed by atoms with van der Waals surface area (Å²) in [5, 5.41) is 0. The molecule has 1 heterocycles. The summed E-state index contributed by atoms with van der Waals surface area (Å²) < 4.78 is 5.12. The van der Waals surface area contributed by atoms with Gasteiger partial charge >= 0.3 is 5.63 Å². The van der Waals surface area contributed by atoms with Crippen LogP contribution in [0.3, 0.4) is 0 Å². The van der Waals surface area contributed by atoms with E-state index in [0.29, 0.717) is 0 Å². The number of hydrogen-bond donors (Lipinski definition) is 0. The highest BCUT2D eigenvalue weighted by atomic mass is 16.4. The molecule has 0 amide bonds. The van der Waals surface area contributed by atoms with Crippen LogP contribution in [0.2, 0.25) is 0 Å². The molecule has 1 aromatic rings. The smallest absolute Gasteiger partial charge is 0.339 e. The zero-order valence-corrected chi connectivity index (χ0v) is 8.64. The second-order valence-corrected chi connectivity index (χ2v) is 4.06. The highest BCUT2D eigenvalue weighted by molar-refractivity contribution is 5.25. The Balaban J connectivity index is 2.44. The van der Waals surface area contributed by atoms with Crippen LogP contribution in [0.15, 0.2) is 15.3 Å². The van der Waals surface area contributed by atoms with Crippen LogP contribution in [-0.4, -0.2) is 0 Å². The van der Waals surface area contributed by atoms with E-state index < -0.39 is 0 Å². The minimum Gasteiger partial charge on any atom is -0.428 e. The summed E-state index contributed by atoms with van der Waals surface area (Å²) in [5.74, 6) is 0.745. The molecule has 0 saturated carbocycles. The van der Waals surface area contributed by atoms with Gasteiger partial charge in [0.15, 0.2) is 0 Å². The van der Waals surface area contributed by atoms with E-state index in [-0.39, 0.29) is 5.63 Å². The van der Waals surface area contributed by atoms with Crippen molar-refractivity contribution in [1.29, 1.82) is 0 Å². The van der Waals surface area contributed by atoms with Crippen molar-refractivity contribution in [1.82, 2.24) is 0 Å². The van der Waals surface area contributed by atoms with Crippen molar-refractivity contribution in [3.63, 3.8) is 0 Å². The molecule has 0 spiro atoms. The van der Waals surface area contributed by atoms with Crippen LogP contribution in [0.25, 0.3) is 0 Å². The molecule has 0 fully saturated rings. The zero-order chi connectivity index (χ0) is 9.97. The molecular formula is C12H16O2. The predicted octanol–water partition coefficient (Wildman–Crippen LogP) is 2.61. The van der Waals surface area contributed by atoms with E-state index in [1.54, 1.807) is 0 Å². The van der Waals surface area contributed by atoms with Crippen molar-refractivity contribution in [2.45, 2.75) is 45.4 Å². The first-order valence-electron chi connectivity index (χ1n) is 5.40. The standard InChI is InChI=1S/C12H16O2/c1-9-8-10-6-4-2-3-5-7-11(10)12(13)14-9/h8H,2-7H2,1H3. The number of fused-ring (bicyclic) bond motifs is 1. The normalized spacial score (nSPS) is 16.9. The molecule has 0 aromatic carbocycles. The molecule has 0 bridgehead atoms. The van der Waals surface area contributed by atoms with Gasteiger partial charge in [0.25, 0.3) is 0 Å². The lowest BCUT2D eigenvalue weighted by molar-refractivity contribution is 0.462. The average Bonchev–Trinajstić information content (AvgIpc) is 2.07. The molecule has 1 aliphatic carbocycles. The fourth-order valence-corrected chi connectivity index (χ4v) is 2.16. The van der Waals surface area contributed by atoms with E-state index >= 15 is 0 Å². The molecular weight excluding hydrogens is 176 g/mol. The maximum Gasteiger partial charge on any atom is 0.339 e. The van der Waals surface area contributed by atoms with Gasteiger partial charge < -0.3 is 4.42 Å². The molecule has 0 atom stereocenters. The van der Waals surface area contributed by atoms with Crippen LogP contribution in [0.4, 0.5) is 0 Å². The van der Waals surface area contributed by atoms with Gasteiger partial charge in [-0.15, -0.1) is 0 Å². The Kier molecular flexibility index (Phi) is 2.71. The van der Waals surface area contributed by atoms with Gasteiger partial charge in [-0.25, -0.2) is 4.79 Å². The maximum atomic E-state index is 11.6. The van der Waals surface area contributed by atoms with Gasteiger partial charge in [0, 0.05) is 5.56 Å². The SMILES string of the molecule is Cc1cc2c(c(=O)o1)CCCCCC2. The quantitative estimate of drug-likeness (QED) is 0.632. The molecule has 2 rings (SSSR count). The Bertz CT molecular complexity index is 376. The van der Waals surface area contributed by atoms with Crippen LogP contribution in [0.1, 0.15) is 42.6 Å². The Hall–Kier alpha value is -1.05. The highest BCUT2D eigenvalue weighted by Gasteiger charge is 2.11. The predicted molar refractivity (Wildman–Crippen MR) is 55.6 cm³/mol. The topological polar surface area (TPSA) is 30.2 Å². The van der Waals surface area contributed by atoms with E-state index in [2.05, 4.69) is 0 Å². The summed E-state index contributed by atoms with van der Waals surface area (Å²) in [6, 6.07) is 2.03. The molecule has 2 heteroatoms. The summed E-state index contributed by atoms with van der Waals surface area (Å²) in [6.45, 7) is 1.85. The molecule has 2 nitrogen and oxygen atoms in total. The summed E-state index contributed by atoms with van der Waals surface area (Å²) in [6.07, 6.45) is 6.81. The fourth-order valence-electron chi connectivity index (χ4n) is 2.16. The fraction of sp³-hybridized carbons (Fsp3) is 0.583. The van der Waals surface area contributed by atoms with Crippen LogP contribution in [-0.2, 0) is 12.8 Å². The van der Waals surface area contributed by atoms with Crippen molar-refractivity contribution in [2.24, 2.45) is 0 Å². The monoisotopic (exact) mass is 192 g/mol. The molecule has 14 heavy (non-hydrogen) atoms. The number of rotatable bonds is 0. The van der Waals surface area contributed by atoms with Crippen LogP contribution < -0.4 is 5.63 Å². The molecule has 0 saturated heterocycles. The lowest BCUT2D eigenvalue weighted by atomic mass is 9.95. The van der Waals surface area contributed by atoms with Crippen molar-refractivity contribution in [3.05, 3.63) is 33.4 Å². The maximum absolute atomic E-state index is 11.6. The largest absolute Gasteiger partial charge is 0.428 e. The van der Waals surface area contributed by atoms with Gasteiger partial charge in [-0.05, 0) is 44.2 Å². The van der Waals surface area contributed by atoms with E-state index in [9.17, 15) is 4.79 Å². The first-order valence-corrected chi connectivity index (χ1v) is 5.40. The molecule has 1 aromatic heterocycles. The summed E-state index contributed by atoms with van der Waals surface area (Å²) in [4.78, 5) is 11.6. The molecule has 1 aliphatic rings. The molecule has 0 N–H and O–H groups in total. The van der Waals surface area contributed by atoms with Crippen LogP contribution in [0, 0.1) is 6.92 Å². The van der Waals surface area contributed by atoms with Crippen LogP contribution in [0.5, 0.6) is 0 Å². The van der Waals surface area contributed by atoms with Gasteiger partial charge in [-0.1, -0.05) is 12.8 Å². The summed E-state index contributed by atoms with van der Waals surface area (Å²) >= 11 is 0. The number of hydrogen-bond acceptors (Lipinski definition) is 2. The van der Waals surface area contributed by atoms with Gasteiger partial charge in [-0.2, -0.15) is 0 Å². The minimum absolute atomic E-state index is 0.109. The second-order valence-electron chi connectivity index (χ2n) is 4.06. The minimum atomic E-state index is -0.109. The third-order valence-corrected chi connectivity index (χ3v) is 2.89. The third-order valence-electron chi connectivity index (χ3n) is 2.89. The zero-order valence-electron chi connectivity index (χ0n) is 8.64.